The molecular weight excluding hydrogens is 249 g/mol. The van der Waals surface area contributed by atoms with Gasteiger partial charge in [-0.1, -0.05) is 19.3 Å². The van der Waals surface area contributed by atoms with Crippen LogP contribution in [0.25, 0.3) is 0 Å². The van der Waals surface area contributed by atoms with Crippen LogP contribution in [0.3, 0.4) is 0 Å². The molecule has 4 heteroatoms. The minimum absolute atomic E-state index is 0.698. The molecule has 0 aromatic carbocycles. The van der Waals surface area contributed by atoms with Crippen molar-refractivity contribution in [1.29, 1.82) is 0 Å². The number of aryl methyl sites for hydroxylation is 1. The van der Waals surface area contributed by atoms with Crippen LogP contribution in [0.1, 0.15) is 48.7 Å². The first-order valence-electron chi connectivity index (χ1n) is 6.53. The van der Waals surface area contributed by atoms with Gasteiger partial charge in [0.15, 0.2) is 0 Å². The molecule has 2 nitrogen and oxygen atoms in total. The maximum absolute atomic E-state index is 11.7. The lowest BCUT2D eigenvalue weighted by atomic mass is 9.87. The molecule has 96 valence electrons. The largest absolute Gasteiger partial charge is 0.324 e. The minimum atomic E-state index is -1.89. The van der Waals surface area contributed by atoms with Gasteiger partial charge >= 0.3 is 0 Å². The molecule has 0 bridgehead atoms. The SMILES string of the molecule is CP(C)(=O)CCc1nc(C2CCCCC2)cs1. The average molecular weight is 271 g/mol. The molecular formula is C13H22NOPS. The van der Waals surface area contributed by atoms with Crippen molar-refractivity contribution in [3.8, 4) is 0 Å². The normalized spacial score (nSPS) is 18.5. The van der Waals surface area contributed by atoms with Gasteiger partial charge in [0.25, 0.3) is 0 Å². The molecule has 0 saturated heterocycles. The summed E-state index contributed by atoms with van der Waals surface area (Å²) < 4.78 is 11.7. The first kappa shape index (κ1) is 13.3. The van der Waals surface area contributed by atoms with E-state index >= 15 is 0 Å². The fourth-order valence-electron chi connectivity index (χ4n) is 2.39. The van der Waals surface area contributed by atoms with Crippen LogP contribution in [0.5, 0.6) is 0 Å². The molecule has 0 unspecified atom stereocenters. The second-order valence-corrected chi connectivity index (χ2v) is 10.1. The first-order valence-corrected chi connectivity index (χ1v) is 10.2. The Morgan fingerprint density at radius 2 is 2.06 bits per heavy atom. The zero-order chi connectivity index (χ0) is 12.3. The molecule has 0 amide bonds. The third-order valence-corrected chi connectivity index (χ3v) is 5.68. The molecule has 1 aromatic heterocycles. The Balaban J connectivity index is 1.93. The van der Waals surface area contributed by atoms with Crippen LogP contribution in [-0.2, 0) is 11.0 Å². The molecule has 0 atom stereocenters. The summed E-state index contributed by atoms with van der Waals surface area (Å²) in [5.74, 6) is 0.698. The van der Waals surface area contributed by atoms with E-state index in [0.29, 0.717) is 5.92 Å². The summed E-state index contributed by atoms with van der Waals surface area (Å²) in [4.78, 5) is 4.73. The molecule has 1 heterocycles. The van der Waals surface area contributed by atoms with Gasteiger partial charge in [-0.25, -0.2) is 4.98 Å². The highest BCUT2D eigenvalue weighted by molar-refractivity contribution is 7.62. The van der Waals surface area contributed by atoms with Gasteiger partial charge in [0.05, 0.1) is 17.8 Å². The van der Waals surface area contributed by atoms with Gasteiger partial charge in [0.2, 0.25) is 0 Å². The number of rotatable bonds is 4. The third-order valence-electron chi connectivity index (χ3n) is 3.46. The van der Waals surface area contributed by atoms with Crippen molar-refractivity contribution in [2.24, 2.45) is 0 Å². The van der Waals surface area contributed by atoms with Crippen molar-refractivity contribution >= 4 is 18.5 Å². The van der Waals surface area contributed by atoms with E-state index in [1.165, 1.54) is 42.8 Å². The summed E-state index contributed by atoms with van der Waals surface area (Å²) in [6.45, 7) is 3.73. The molecule has 1 aliphatic carbocycles. The van der Waals surface area contributed by atoms with E-state index in [-0.39, 0.29) is 0 Å². The van der Waals surface area contributed by atoms with Crippen LogP contribution in [0, 0.1) is 0 Å². The Labute approximate surface area is 108 Å². The Bertz CT molecular complexity index is 403. The number of thiazole rings is 1. The lowest BCUT2D eigenvalue weighted by Gasteiger charge is -2.19. The van der Waals surface area contributed by atoms with Gasteiger partial charge in [0, 0.05) is 23.9 Å². The maximum atomic E-state index is 11.7. The fourth-order valence-corrected chi connectivity index (χ4v) is 4.17. The summed E-state index contributed by atoms with van der Waals surface area (Å²) in [7, 11) is -1.89. The predicted molar refractivity (Wildman–Crippen MR) is 76.0 cm³/mol. The molecule has 0 radical (unpaired) electrons. The van der Waals surface area contributed by atoms with Crippen LogP contribution in [0.4, 0.5) is 0 Å². The predicted octanol–water partition coefficient (Wildman–Crippen LogP) is 4.36. The molecule has 2 rings (SSSR count). The molecule has 0 N–H and O–H groups in total. The van der Waals surface area contributed by atoms with E-state index in [4.69, 9.17) is 4.98 Å². The molecule has 1 saturated carbocycles. The Kier molecular flexibility index (Phi) is 4.43. The summed E-state index contributed by atoms with van der Waals surface area (Å²) in [6.07, 6.45) is 8.41. The summed E-state index contributed by atoms with van der Waals surface area (Å²) in [5, 5.41) is 3.40. The number of aromatic nitrogens is 1. The van der Waals surface area contributed by atoms with E-state index in [1.54, 1.807) is 11.3 Å². The van der Waals surface area contributed by atoms with Crippen molar-refractivity contribution in [2.75, 3.05) is 19.5 Å². The van der Waals surface area contributed by atoms with Crippen molar-refractivity contribution in [1.82, 2.24) is 4.98 Å². The van der Waals surface area contributed by atoms with Crippen molar-refractivity contribution in [3.05, 3.63) is 16.1 Å². The van der Waals surface area contributed by atoms with Gasteiger partial charge in [-0.05, 0) is 26.2 Å². The van der Waals surface area contributed by atoms with Gasteiger partial charge < -0.3 is 4.57 Å². The zero-order valence-electron chi connectivity index (χ0n) is 10.8. The second-order valence-electron chi connectivity index (χ2n) is 5.55. The first-order chi connectivity index (χ1) is 8.04. The quantitative estimate of drug-likeness (QED) is 0.762. The van der Waals surface area contributed by atoms with E-state index in [1.807, 2.05) is 13.3 Å². The fraction of sp³-hybridized carbons (Fsp3) is 0.769. The molecule has 0 aliphatic heterocycles. The van der Waals surface area contributed by atoms with Crippen molar-refractivity contribution in [3.63, 3.8) is 0 Å². The summed E-state index contributed by atoms with van der Waals surface area (Å²) >= 11 is 1.75. The van der Waals surface area contributed by atoms with Crippen LogP contribution < -0.4 is 0 Å². The van der Waals surface area contributed by atoms with E-state index in [9.17, 15) is 4.57 Å². The Morgan fingerprint density at radius 1 is 1.35 bits per heavy atom. The highest BCUT2D eigenvalue weighted by Crippen LogP contribution is 2.37. The van der Waals surface area contributed by atoms with Crippen molar-refractivity contribution in [2.45, 2.75) is 44.4 Å². The Hall–Kier alpha value is -0.140. The standard InChI is InChI=1S/C13H22NOPS/c1-16(2,15)9-8-13-14-12(10-17-13)11-6-4-3-5-7-11/h10-11H,3-9H2,1-2H3. The van der Waals surface area contributed by atoms with Crippen molar-refractivity contribution < 1.29 is 4.57 Å². The highest BCUT2D eigenvalue weighted by Gasteiger charge is 2.18. The Morgan fingerprint density at radius 3 is 2.71 bits per heavy atom. The number of nitrogens with zero attached hydrogens (tertiary/aromatic N) is 1. The smallest absolute Gasteiger partial charge is 0.0932 e. The van der Waals surface area contributed by atoms with E-state index in [2.05, 4.69) is 5.38 Å². The summed E-state index contributed by atoms with van der Waals surface area (Å²) in [5.41, 5.74) is 1.30. The highest BCUT2D eigenvalue weighted by atomic mass is 32.1. The van der Waals surface area contributed by atoms with E-state index < -0.39 is 7.14 Å². The summed E-state index contributed by atoms with van der Waals surface area (Å²) in [6, 6.07) is 0. The minimum Gasteiger partial charge on any atom is -0.324 e. The zero-order valence-corrected chi connectivity index (χ0v) is 12.5. The van der Waals surface area contributed by atoms with Crippen LogP contribution in [0.2, 0.25) is 0 Å². The number of hydrogen-bond acceptors (Lipinski definition) is 3. The third kappa shape index (κ3) is 4.22. The van der Waals surface area contributed by atoms with Crippen LogP contribution >= 0.6 is 18.5 Å². The van der Waals surface area contributed by atoms with Crippen LogP contribution in [-0.4, -0.2) is 24.5 Å². The second kappa shape index (κ2) is 5.67. The molecule has 1 aliphatic rings. The van der Waals surface area contributed by atoms with Gasteiger partial charge in [-0.2, -0.15) is 0 Å². The monoisotopic (exact) mass is 271 g/mol. The van der Waals surface area contributed by atoms with Gasteiger partial charge in [-0.3, -0.25) is 0 Å². The van der Waals surface area contributed by atoms with Gasteiger partial charge in [0.1, 0.15) is 0 Å². The van der Waals surface area contributed by atoms with E-state index in [0.717, 1.165) is 12.6 Å². The molecule has 1 fully saturated rings. The van der Waals surface area contributed by atoms with Crippen LogP contribution in [0.15, 0.2) is 5.38 Å². The molecule has 0 spiro atoms. The molecule has 1 aromatic rings. The number of hydrogen-bond donors (Lipinski definition) is 0. The van der Waals surface area contributed by atoms with Gasteiger partial charge in [-0.15, -0.1) is 11.3 Å². The lowest BCUT2D eigenvalue weighted by Crippen LogP contribution is -2.05. The maximum Gasteiger partial charge on any atom is 0.0932 e. The topological polar surface area (TPSA) is 30.0 Å². The average Bonchev–Trinajstić information content (AvgIpc) is 2.75. The molecule has 17 heavy (non-hydrogen) atoms. The lowest BCUT2D eigenvalue weighted by molar-refractivity contribution is 0.437.